The topological polar surface area (TPSA) is 99.3 Å². The van der Waals surface area contributed by atoms with Crippen molar-refractivity contribution >= 4 is 17.7 Å². The van der Waals surface area contributed by atoms with Crippen molar-refractivity contribution in [2.45, 2.75) is 52.5 Å². The summed E-state index contributed by atoms with van der Waals surface area (Å²) in [4.78, 5) is 38.1. The first-order chi connectivity index (χ1) is 10.3. The number of aromatic amines is 1. The highest BCUT2D eigenvalue weighted by molar-refractivity contribution is 6.02. The van der Waals surface area contributed by atoms with Crippen LogP contribution < -0.4 is 5.32 Å². The van der Waals surface area contributed by atoms with Crippen LogP contribution in [0, 0.1) is 12.8 Å². The number of carbonyl (C=O) groups is 3. The van der Waals surface area contributed by atoms with Gasteiger partial charge in [0.25, 0.3) is 5.91 Å². The number of amides is 1. The molecule has 0 aliphatic heterocycles. The minimum Gasteiger partial charge on any atom is -0.481 e. The molecule has 1 aliphatic carbocycles. The number of aliphatic carboxylic acids is 1. The number of ketones is 1. The predicted octanol–water partition coefficient (Wildman–Crippen LogP) is 2.07. The van der Waals surface area contributed by atoms with Crippen LogP contribution in [0.5, 0.6) is 0 Å². The Morgan fingerprint density at radius 1 is 1.32 bits per heavy atom. The van der Waals surface area contributed by atoms with Gasteiger partial charge in [0.15, 0.2) is 5.78 Å². The van der Waals surface area contributed by atoms with Crippen molar-refractivity contribution in [3.05, 3.63) is 22.5 Å². The van der Waals surface area contributed by atoms with Gasteiger partial charge in [0.2, 0.25) is 0 Å². The van der Waals surface area contributed by atoms with Crippen molar-refractivity contribution < 1.29 is 19.5 Å². The van der Waals surface area contributed by atoms with Crippen LogP contribution in [0.3, 0.4) is 0 Å². The number of Topliss-reactive ketones (excluding diaryl/α,β-unsaturated/α-hetero) is 1. The Balaban J connectivity index is 2.15. The highest BCUT2D eigenvalue weighted by atomic mass is 16.4. The van der Waals surface area contributed by atoms with Crippen LogP contribution in [0.15, 0.2) is 0 Å². The van der Waals surface area contributed by atoms with Gasteiger partial charge in [-0.1, -0.05) is 6.92 Å². The van der Waals surface area contributed by atoms with Crippen LogP contribution in [-0.4, -0.2) is 33.8 Å². The Morgan fingerprint density at radius 3 is 2.50 bits per heavy atom. The zero-order valence-corrected chi connectivity index (χ0v) is 13.2. The lowest BCUT2D eigenvalue weighted by atomic mass is 10.0. The van der Waals surface area contributed by atoms with Crippen molar-refractivity contribution in [2.24, 2.45) is 5.92 Å². The molecule has 2 rings (SSSR count). The second kappa shape index (κ2) is 6.34. The molecule has 120 valence electrons. The molecule has 0 unspecified atom stereocenters. The number of aromatic nitrogens is 1. The number of carbonyl (C=O) groups excluding carboxylic acids is 2. The largest absolute Gasteiger partial charge is 0.481 e. The summed E-state index contributed by atoms with van der Waals surface area (Å²) in [5.41, 5.74) is 2.44. The molecule has 3 N–H and O–H groups in total. The molecule has 0 spiro atoms. The zero-order chi connectivity index (χ0) is 16.4. The van der Waals surface area contributed by atoms with Gasteiger partial charge in [-0.3, -0.25) is 14.4 Å². The number of aryl methyl sites for hydroxylation is 1. The van der Waals surface area contributed by atoms with E-state index < -0.39 is 5.97 Å². The third-order valence-corrected chi connectivity index (χ3v) is 4.34. The third kappa shape index (κ3) is 3.05. The molecule has 1 aromatic rings. The fourth-order valence-electron chi connectivity index (χ4n) is 3.30. The normalized spacial score (nSPS) is 20.9. The van der Waals surface area contributed by atoms with Gasteiger partial charge in [-0.15, -0.1) is 0 Å². The van der Waals surface area contributed by atoms with E-state index in [1.165, 1.54) is 6.92 Å². The molecule has 1 aliphatic rings. The fourth-order valence-corrected chi connectivity index (χ4v) is 3.30. The summed E-state index contributed by atoms with van der Waals surface area (Å²) in [6, 6.07) is -0.123. The lowest BCUT2D eigenvalue weighted by Gasteiger charge is -2.12. The molecule has 1 aromatic heterocycles. The van der Waals surface area contributed by atoms with Gasteiger partial charge in [0.05, 0.1) is 5.92 Å². The molecule has 0 radical (unpaired) electrons. The summed E-state index contributed by atoms with van der Waals surface area (Å²) in [5, 5.41) is 11.9. The lowest BCUT2D eigenvalue weighted by molar-refractivity contribution is -0.141. The van der Waals surface area contributed by atoms with Crippen LogP contribution >= 0.6 is 0 Å². The van der Waals surface area contributed by atoms with E-state index in [0.29, 0.717) is 42.6 Å². The van der Waals surface area contributed by atoms with E-state index >= 15 is 0 Å². The van der Waals surface area contributed by atoms with E-state index in [0.717, 1.165) is 5.56 Å². The Hall–Kier alpha value is -2.11. The number of H-pyrrole nitrogens is 1. The lowest BCUT2D eigenvalue weighted by Crippen LogP contribution is -2.34. The van der Waals surface area contributed by atoms with E-state index in [9.17, 15) is 14.4 Å². The van der Waals surface area contributed by atoms with E-state index in [2.05, 4.69) is 10.3 Å². The molecular weight excluding hydrogens is 284 g/mol. The number of hydrogen-bond donors (Lipinski definition) is 3. The molecule has 0 saturated heterocycles. The molecule has 0 bridgehead atoms. The first-order valence-corrected chi connectivity index (χ1v) is 7.61. The van der Waals surface area contributed by atoms with E-state index in [1.54, 1.807) is 6.92 Å². The number of rotatable bonds is 5. The minimum absolute atomic E-state index is 0.0588. The number of hydrogen-bond acceptors (Lipinski definition) is 3. The van der Waals surface area contributed by atoms with Crippen LogP contribution in [0.4, 0.5) is 0 Å². The zero-order valence-electron chi connectivity index (χ0n) is 13.2. The first-order valence-electron chi connectivity index (χ1n) is 7.61. The summed E-state index contributed by atoms with van der Waals surface area (Å²) in [5.74, 6) is -1.50. The average molecular weight is 306 g/mol. The molecule has 1 amide bonds. The van der Waals surface area contributed by atoms with Gasteiger partial charge in [0.1, 0.15) is 5.69 Å². The second-order valence-corrected chi connectivity index (χ2v) is 5.91. The maximum atomic E-state index is 12.4. The highest BCUT2D eigenvalue weighted by Crippen LogP contribution is 2.26. The van der Waals surface area contributed by atoms with Crippen molar-refractivity contribution in [2.75, 3.05) is 0 Å². The molecule has 6 nitrogen and oxygen atoms in total. The van der Waals surface area contributed by atoms with Gasteiger partial charge < -0.3 is 15.4 Å². The SMILES string of the molecule is CCc1c(C(=O)N[C@@H]2CC[C@H](C(=O)O)C2)[nH]c(C)c1C(C)=O. The molecule has 22 heavy (non-hydrogen) atoms. The summed E-state index contributed by atoms with van der Waals surface area (Å²) >= 11 is 0. The van der Waals surface area contributed by atoms with Gasteiger partial charge in [-0.05, 0) is 45.1 Å². The summed E-state index contributed by atoms with van der Waals surface area (Å²) in [6.07, 6.45) is 2.30. The smallest absolute Gasteiger partial charge is 0.306 e. The first kappa shape index (κ1) is 16.3. The maximum absolute atomic E-state index is 12.4. The number of carboxylic acids is 1. The molecule has 1 fully saturated rings. The molecule has 0 aromatic carbocycles. The summed E-state index contributed by atoms with van der Waals surface area (Å²) in [7, 11) is 0. The second-order valence-electron chi connectivity index (χ2n) is 5.91. The summed E-state index contributed by atoms with van der Waals surface area (Å²) < 4.78 is 0. The minimum atomic E-state index is -0.805. The van der Waals surface area contributed by atoms with Crippen molar-refractivity contribution in [3.63, 3.8) is 0 Å². The van der Waals surface area contributed by atoms with E-state index in [-0.39, 0.29) is 23.7 Å². The van der Waals surface area contributed by atoms with Crippen molar-refractivity contribution in [3.8, 4) is 0 Å². The quantitative estimate of drug-likeness (QED) is 0.725. The highest BCUT2D eigenvalue weighted by Gasteiger charge is 2.31. The number of nitrogens with one attached hydrogen (secondary N) is 2. The molecule has 1 heterocycles. The summed E-state index contributed by atoms with van der Waals surface area (Å²) in [6.45, 7) is 5.18. The van der Waals surface area contributed by atoms with Crippen LogP contribution in [0.1, 0.15) is 65.2 Å². The predicted molar refractivity (Wildman–Crippen MR) is 81.1 cm³/mol. The molecular formula is C16H22N2O4. The van der Waals surface area contributed by atoms with Gasteiger partial charge >= 0.3 is 5.97 Å². The Kier molecular flexibility index (Phi) is 4.68. The van der Waals surface area contributed by atoms with Gasteiger partial charge in [-0.25, -0.2) is 0 Å². The van der Waals surface area contributed by atoms with Crippen molar-refractivity contribution in [1.29, 1.82) is 0 Å². The number of carboxylic acid groups (broad SMARTS) is 1. The Bertz CT molecular complexity index is 618. The fraction of sp³-hybridized carbons (Fsp3) is 0.562. The van der Waals surface area contributed by atoms with E-state index in [4.69, 9.17) is 5.11 Å². The Labute approximate surface area is 129 Å². The monoisotopic (exact) mass is 306 g/mol. The van der Waals surface area contributed by atoms with Gasteiger partial charge in [0, 0.05) is 17.3 Å². The maximum Gasteiger partial charge on any atom is 0.306 e. The average Bonchev–Trinajstić information content (AvgIpc) is 3.02. The standard InChI is InChI=1S/C16H22N2O4/c1-4-12-13(9(3)19)8(2)17-14(12)15(20)18-11-6-5-10(7-11)16(21)22/h10-11,17H,4-7H2,1-3H3,(H,18,20)(H,21,22)/t10-,11+/m0/s1. The van der Waals surface area contributed by atoms with Crippen molar-refractivity contribution in [1.82, 2.24) is 10.3 Å². The van der Waals surface area contributed by atoms with E-state index in [1.807, 2.05) is 6.92 Å². The Morgan fingerprint density at radius 2 is 2.00 bits per heavy atom. The molecule has 6 heteroatoms. The van der Waals surface area contributed by atoms with Crippen LogP contribution in [-0.2, 0) is 11.2 Å². The van der Waals surface area contributed by atoms with Gasteiger partial charge in [-0.2, -0.15) is 0 Å². The van der Waals surface area contributed by atoms with Crippen LogP contribution in [0.2, 0.25) is 0 Å². The third-order valence-electron chi connectivity index (χ3n) is 4.34. The molecule has 2 atom stereocenters. The molecule has 1 saturated carbocycles. The van der Waals surface area contributed by atoms with Crippen LogP contribution in [0.25, 0.3) is 0 Å².